The largest absolute Gasteiger partial charge is 0.366 e. The molecule has 0 bridgehead atoms. The van der Waals surface area contributed by atoms with Gasteiger partial charge in [0.25, 0.3) is 11.6 Å². The standard InChI is InChI=1S/C21H32N4O3/c1-15(2)23-11-8-18(9-12-23)22-21(26)17-6-7-19(20(13-17)25(27)28)24-10-4-5-16(3)14-24/h6-7,13,15-16,18H,4-5,8-12,14H2,1-3H3,(H,22,26). The molecular formula is C21H32N4O3. The van der Waals surface area contributed by atoms with E-state index in [0.29, 0.717) is 23.2 Å². The van der Waals surface area contributed by atoms with Crippen molar-refractivity contribution in [3.05, 3.63) is 33.9 Å². The zero-order valence-electron chi connectivity index (χ0n) is 17.2. The molecular weight excluding hydrogens is 356 g/mol. The zero-order chi connectivity index (χ0) is 20.3. The van der Waals surface area contributed by atoms with Crippen molar-refractivity contribution in [1.82, 2.24) is 10.2 Å². The molecule has 1 aromatic rings. The van der Waals surface area contributed by atoms with Gasteiger partial charge in [0.1, 0.15) is 5.69 Å². The number of benzene rings is 1. The van der Waals surface area contributed by atoms with Crippen molar-refractivity contribution in [1.29, 1.82) is 0 Å². The van der Waals surface area contributed by atoms with Gasteiger partial charge in [-0.05, 0) is 57.6 Å². The smallest absolute Gasteiger partial charge is 0.293 e. The van der Waals surface area contributed by atoms with Gasteiger partial charge in [0.2, 0.25) is 0 Å². The molecule has 1 aromatic carbocycles. The van der Waals surface area contributed by atoms with E-state index < -0.39 is 0 Å². The van der Waals surface area contributed by atoms with Crippen molar-refractivity contribution in [2.45, 2.75) is 58.5 Å². The van der Waals surface area contributed by atoms with Gasteiger partial charge < -0.3 is 15.1 Å². The number of carbonyl (C=O) groups excluding carboxylic acids is 1. The van der Waals surface area contributed by atoms with Gasteiger partial charge in [-0.25, -0.2) is 0 Å². The Balaban J connectivity index is 1.69. The molecule has 1 atom stereocenters. The van der Waals surface area contributed by atoms with Crippen LogP contribution in [0.15, 0.2) is 18.2 Å². The molecule has 0 aromatic heterocycles. The molecule has 0 radical (unpaired) electrons. The molecule has 7 heteroatoms. The summed E-state index contributed by atoms with van der Waals surface area (Å²) in [5.41, 5.74) is 1.02. The second-order valence-corrected chi connectivity index (χ2v) is 8.53. The first kappa shape index (κ1) is 20.6. The van der Waals surface area contributed by atoms with Gasteiger partial charge in [-0.3, -0.25) is 14.9 Å². The fourth-order valence-corrected chi connectivity index (χ4v) is 4.32. The van der Waals surface area contributed by atoms with E-state index in [-0.39, 0.29) is 22.6 Å². The Labute approximate surface area is 167 Å². The van der Waals surface area contributed by atoms with Gasteiger partial charge in [0.15, 0.2) is 0 Å². The molecule has 0 saturated carbocycles. The Morgan fingerprint density at radius 1 is 1.21 bits per heavy atom. The van der Waals surface area contributed by atoms with Crippen LogP contribution in [0, 0.1) is 16.0 Å². The van der Waals surface area contributed by atoms with Crippen molar-refractivity contribution in [3.8, 4) is 0 Å². The van der Waals surface area contributed by atoms with E-state index in [9.17, 15) is 14.9 Å². The van der Waals surface area contributed by atoms with Crippen LogP contribution in [0.5, 0.6) is 0 Å². The molecule has 2 aliphatic heterocycles. The highest BCUT2D eigenvalue weighted by Crippen LogP contribution is 2.32. The van der Waals surface area contributed by atoms with Crippen LogP contribution in [-0.2, 0) is 0 Å². The number of nitro benzene ring substituents is 1. The first-order chi connectivity index (χ1) is 13.3. The van der Waals surface area contributed by atoms with Gasteiger partial charge >= 0.3 is 0 Å². The third-order valence-corrected chi connectivity index (χ3v) is 6.03. The second-order valence-electron chi connectivity index (χ2n) is 8.53. The number of nitrogens with zero attached hydrogens (tertiary/aromatic N) is 3. The first-order valence-electron chi connectivity index (χ1n) is 10.4. The molecule has 0 aliphatic carbocycles. The number of likely N-dealkylation sites (tertiary alicyclic amines) is 1. The SMILES string of the molecule is CC1CCCN(c2ccc(C(=O)NC3CCN(C(C)C)CC3)cc2[N+](=O)[O-])C1. The van der Waals surface area contributed by atoms with Gasteiger partial charge in [0, 0.05) is 49.9 Å². The van der Waals surface area contributed by atoms with Crippen LogP contribution in [0.3, 0.4) is 0 Å². The monoisotopic (exact) mass is 388 g/mol. The van der Waals surface area contributed by atoms with Gasteiger partial charge in [0.05, 0.1) is 4.92 Å². The average molecular weight is 389 g/mol. The Morgan fingerprint density at radius 2 is 1.93 bits per heavy atom. The molecule has 1 N–H and O–H groups in total. The molecule has 154 valence electrons. The molecule has 3 rings (SSSR count). The lowest BCUT2D eigenvalue weighted by Crippen LogP contribution is -2.46. The normalized spacial score (nSPS) is 21.7. The summed E-state index contributed by atoms with van der Waals surface area (Å²) in [6.07, 6.45) is 4.02. The third-order valence-electron chi connectivity index (χ3n) is 6.03. The van der Waals surface area contributed by atoms with Crippen LogP contribution in [-0.4, -0.2) is 54.0 Å². The number of amides is 1. The summed E-state index contributed by atoms with van der Waals surface area (Å²) in [4.78, 5) is 28.4. The zero-order valence-corrected chi connectivity index (χ0v) is 17.2. The summed E-state index contributed by atoms with van der Waals surface area (Å²) in [5.74, 6) is 0.303. The van der Waals surface area contributed by atoms with Gasteiger partial charge in [-0.15, -0.1) is 0 Å². The summed E-state index contributed by atoms with van der Waals surface area (Å²) < 4.78 is 0. The molecule has 2 aliphatic rings. The fraction of sp³-hybridized carbons (Fsp3) is 0.667. The summed E-state index contributed by atoms with van der Waals surface area (Å²) in [6, 6.07) is 5.55. The number of carbonyl (C=O) groups is 1. The minimum absolute atomic E-state index is 0.0244. The molecule has 0 spiro atoms. The van der Waals surface area contributed by atoms with E-state index in [2.05, 4.69) is 35.9 Å². The minimum Gasteiger partial charge on any atom is -0.366 e. The van der Waals surface area contributed by atoms with Gasteiger partial charge in [-0.2, -0.15) is 0 Å². The van der Waals surface area contributed by atoms with E-state index in [0.717, 1.165) is 51.9 Å². The topological polar surface area (TPSA) is 78.7 Å². The Kier molecular flexibility index (Phi) is 6.54. The summed E-state index contributed by atoms with van der Waals surface area (Å²) in [6.45, 7) is 10.1. The first-order valence-corrected chi connectivity index (χ1v) is 10.4. The van der Waals surface area contributed by atoms with Crippen LogP contribution in [0.1, 0.15) is 56.8 Å². The number of rotatable bonds is 5. The molecule has 2 heterocycles. The van der Waals surface area contributed by atoms with Crippen LogP contribution in [0.2, 0.25) is 0 Å². The lowest BCUT2D eigenvalue weighted by atomic mass is 9.99. The van der Waals surface area contributed by atoms with Crippen LogP contribution in [0.25, 0.3) is 0 Å². The third kappa shape index (κ3) is 4.82. The lowest BCUT2D eigenvalue weighted by molar-refractivity contribution is -0.384. The summed E-state index contributed by atoms with van der Waals surface area (Å²) in [7, 11) is 0. The van der Waals surface area contributed by atoms with Crippen molar-refractivity contribution in [3.63, 3.8) is 0 Å². The minimum atomic E-state index is -0.369. The Morgan fingerprint density at radius 3 is 2.54 bits per heavy atom. The number of nitro groups is 1. The summed E-state index contributed by atoms with van der Waals surface area (Å²) in [5, 5.41) is 14.7. The highest BCUT2D eigenvalue weighted by atomic mass is 16.6. The van der Waals surface area contributed by atoms with Crippen LogP contribution < -0.4 is 10.2 Å². The lowest BCUT2D eigenvalue weighted by Gasteiger charge is -2.35. The second kappa shape index (κ2) is 8.90. The summed E-state index contributed by atoms with van der Waals surface area (Å²) >= 11 is 0. The number of hydrogen-bond acceptors (Lipinski definition) is 5. The predicted octanol–water partition coefficient (Wildman–Crippen LogP) is 3.43. The maximum absolute atomic E-state index is 12.7. The molecule has 28 heavy (non-hydrogen) atoms. The number of anilines is 1. The fourth-order valence-electron chi connectivity index (χ4n) is 4.32. The molecule has 7 nitrogen and oxygen atoms in total. The van der Waals surface area contributed by atoms with E-state index in [1.165, 1.54) is 6.07 Å². The van der Waals surface area contributed by atoms with E-state index >= 15 is 0 Å². The molecule has 1 amide bonds. The van der Waals surface area contributed by atoms with Crippen LogP contribution in [0.4, 0.5) is 11.4 Å². The molecule has 2 saturated heterocycles. The van der Waals surface area contributed by atoms with Crippen molar-refractivity contribution in [2.75, 3.05) is 31.1 Å². The Hall–Kier alpha value is -2.15. The highest BCUT2D eigenvalue weighted by Gasteiger charge is 2.27. The predicted molar refractivity (Wildman–Crippen MR) is 111 cm³/mol. The molecule has 2 fully saturated rings. The quantitative estimate of drug-likeness (QED) is 0.617. The maximum Gasteiger partial charge on any atom is 0.293 e. The maximum atomic E-state index is 12.7. The average Bonchev–Trinajstić information content (AvgIpc) is 2.67. The van der Waals surface area contributed by atoms with Crippen molar-refractivity contribution >= 4 is 17.3 Å². The molecule has 1 unspecified atom stereocenters. The number of piperidine rings is 2. The van der Waals surface area contributed by atoms with Gasteiger partial charge in [-0.1, -0.05) is 6.92 Å². The van der Waals surface area contributed by atoms with E-state index in [1.54, 1.807) is 12.1 Å². The number of hydrogen-bond donors (Lipinski definition) is 1. The van der Waals surface area contributed by atoms with E-state index in [1.807, 2.05) is 0 Å². The van der Waals surface area contributed by atoms with Crippen molar-refractivity contribution in [2.24, 2.45) is 5.92 Å². The van der Waals surface area contributed by atoms with Crippen molar-refractivity contribution < 1.29 is 9.72 Å². The highest BCUT2D eigenvalue weighted by molar-refractivity contribution is 5.96. The Bertz CT molecular complexity index is 714. The number of nitrogens with one attached hydrogen (secondary N) is 1. The van der Waals surface area contributed by atoms with Crippen LogP contribution >= 0.6 is 0 Å². The van der Waals surface area contributed by atoms with E-state index in [4.69, 9.17) is 0 Å².